The van der Waals surface area contributed by atoms with E-state index in [1.807, 2.05) is 12.1 Å². The average molecular weight is 388 g/mol. The summed E-state index contributed by atoms with van der Waals surface area (Å²) in [5.74, 6) is 0. The van der Waals surface area contributed by atoms with Crippen molar-refractivity contribution in [3.63, 3.8) is 0 Å². The van der Waals surface area contributed by atoms with Gasteiger partial charge in [0.15, 0.2) is 0 Å². The lowest BCUT2D eigenvalue weighted by Gasteiger charge is -2.15. The van der Waals surface area contributed by atoms with Gasteiger partial charge in [-0.1, -0.05) is 5.21 Å². The first-order chi connectivity index (χ1) is 13.8. The molecule has 0 fully saturated rings. The fraction of sp³-hybridized carbons (Fsp3) is 0.250. The Morgan fingerprint density at radius 1 is 1.21 bits per heavy atom. The minimum absolute atomic E-state index is 0.498. The Kier molecular flexibility index (Phi) is 4.48. The number of rotatable bonds is 5. The van der Waals surface area contributed by atoms with E-state index in [4.69, 9.17) is 11.0 Å². The van der Waals surface area contributed by atoms with Crippen LogP contribution in [-0.2, 0) is 6.54 Å². The van der Waals surface area contributed by atoms with E-state index in [1.54, 1.807) is 47.6 Å². The largest absolute Gasteiger partial charge is 0.398 e. The van der Waals surface area contributed by atoms with Crippen LogP contribution in [0, 0.1) is 11.3 Å². The molecule has 0 aliphatic heterocycles. The topological polar surface area (TPSA) is 131 Å². The van der Waals surface area contributed by atoms with Gasteiger partial charge in [-0.3, -0.25) is 9.67 Å². The van der Waals surface area contributed by atoms with Crippen LogP contribution in [0.5, 0.6) is 0 Å². The van der Waals surface area contributed by atoms with Crippen molar-refractivity contribution < 1.29 is 5.11 Å². The van der Waals surface area contributed by atoms with Gasteiger partial charge >= 0.3 is 0 Å². The lowest BCUT2D eigenvalue weighted by atomic mass is 10.1. The molecule has 146 valence electrons. The third-order valence-electron chi connectivity index (χ3n) is 4.60. The summed E-state index contributed by atoms with van der Waals surface area (Å²) in [5.41, 5.74) is 10.1. The first-order valence-corrected chi connectivity index (χ1v) is 9.11. The van der Waals surface area contributed by atoms with Gasteiger partial charge in [0, 0.05) is 24.0 Å². The Balaban J connectivity index is 1.62. The molecule has 4 aromatic rings. The van der Waals surface area contributed by atoms with Crippen molar-refractivity contribution >= 4 is 11.2 Å². The van der Waals surface area contributed by atoms with Crippen LogP contribution >= 0.6 is 0 Å². The van der Waals surface area contributed by atoms with Gasteiger partial charge in [0.05, 0.1) is 40.5 Å². The predicted molar refractivity (Wildman–Crippen MR) is 107 cm³/mol. The monoisotopic (exact) mass is 388 g/mol. The fourth-order valence-corrected chi connectivity index (χ4v) is 3.00. The van der Waals surface area contributed by atoms with Crippen LogP contribution in [0.4, 0.5) is 5.69 Å². The van der Waals surface area contributed by atoms with Crippen molar-refractivity contribution in [3.8, 4) is 28.7 Å². The summed E-state index contributed by atoms with van der Waals surface area (Å²) in [6.45, 7) is 4.06. The molecule has 0 aliphatic rings. The number of nitrogens with zero attached hydrogens (tertiary/aromatic N) is 7. The molecule has 9 heteroatoms. The van der Waals surface area contributed by atoms with Gasteiger partial charge in [0.1, 0.15) is 11.8 Å². The van der Waals surface area contributed by atoms with E-state index in [0.29, 0.717) is 41.2 Å². The van der Waals surface area contributed by atoms with Crippen LogP contribution < -0.4 is 5.73 Å². The summed E-state index contributed by atoms with van der Waals surface area (Å²) in [6.07, 6.45) is 5.53. The van der Waals surface area contributed by atoms with Crippen LogP contribution in [0.15, 0.2) is 42.9 Å². The molecule has 0 radical (unpaired) electrons. The number of anilines is 1. The average Bonchev–Trinajstić information content (AvgIpc) is 3.32. The molecule has 4 rings (SSSR count). The maximum Gasteiger partial charge on any atom is 0.116 e. The molecule has 4 heterocycles. The van der Waals surface area contributed by atoms with Crippen LogP contribution in [0.25, 0.3) is 28.2 Å². The van der Waals surface area contributed by atoms with E-state index in [-0.39, 0.29) is 0 Å². The van der Waals surface area contributed by atoms with Crippen molar-refractivity contribution in [2.75, 3.05) is 5.73 Å². The van der Waals surface area contributed by atoms with Crippen molar-refractivity contribution in [1.29, 1.82) is 5.26 Å². The lowest BCUT2D eigenvalue weighted by molar-refractivity contribution is 0.0649. The molecule has 9 nitrogen and oxygen atoms in total. The highest BCUT2D eigenvalue weighted by atomic mass is 16.3. The molecule has 0 saturated carbocycles. The highest BCUT2D eigenvalue weighted by molar-refractivity contribution is 5.77. The second-order valence-electron chi connectivity index (χ2n) is 7.50. The van der Waals surface area contributed by atoms with Crippen molar-refractivity contribution in [2.24, 2.45) is 0 Å². The number of nitrogens with two attached hydrogens (primary N) is 1. The molecule has 4 aromatic heterocycles. The third-order valence-corrected chi connectivity index (χ3v) is 4.60. The summed E-state index contributed by atoms with van der Waals surface area (Å²) in [4.78, 5) is 4.52. The van der Waals surface area contributed by atoms with E-state index in [2.05, 4.69) is 26.5 Å². The van der Waals surface area contributed by atoms with Gasteiger partial charge in [0.2, 0.25) is 0 Å². The van der Waals surface area contributed by atoms with Crippen LogP contribution in [0.3, 0.4) is 0 Å². The van der Waals surface area contributed by atoms with Gasteiger partial charge in [-0.25, -0.2) is 4.52 Å². The number of aryl methyl sites for hydroxylation is 1. The highest BCUT2D eigenvalue weighted by Crippen LogP contribution is 2.28. The standard InChI is InChI=1S/C20H20N8O/c1-20(2,29)5-6-27-12-18(25-26-27)15-11-23-17(8-16(15)22)19-4-3-14-7-13(9-21)10-24-28(14)19/h3-4,7-8,10-12,29H,5-6H2,1-2H3,(H2,22,23). The van der Waals surface area contributed by atoms with Crippen LogP contribution in [-0.4, -0.2) is 40.3 Å². The van der Waals surface area contributed by atoms with Crippen molar-refractivity contribution in [3.05, 3.63) is 48.4 Å². The molecule has 0 bridgehead atoms. The Morgan fingerprint density at radius 2 is 2.03 bits per heavy atom. The van der Waals surface area contributed by atoms with Crippen LogP contribution in [0.2, 0.25) is 0 Å². The predicted octanol–water partition coefficient (Wildman–Crippen LogP) is 2.27. The first kappa shape index (κ1) is 18.6. The molecule has 0 aromatic carbocycles. The Morgan fingerprint density at radius 3 is 2.76 bits per heavy atom. The Bertz CT molecular complexity index is 1230. The molecule has 3 N–H and O–H groups in total. The summed E-state index contributed by atoms with van der Waals surface area (Å²) < 4.78 is 3.40. The molecule has 0 saturated heterocycles. The number of nitrogen functional groups attached to an aromatic ring is 1. The number of aliphatic hydroxyl groups is 1. The van der Waals surface area contributed by atoms with Gasteiger partial charge in [0.25, 0.3) is 0 Å². The molecule has 29 heavy (non-hydrogen) atoms. The zero-order chi connectivity index (χ0) is 20.6. The molecule has 0 spiro atoms. The molecule has 0 aliphatic carbocycles. The minimum Gasteiger partial charge on any atom is -0.398 e. The number of aromatic nitrogens is 6. The second-order valence-corrected chi connectivity index (χ2v) is 7.50. The number of pyridine rings is 1. The third kappa shape index (κ3) is 3.79. The molecule has 0 unspecified atom stereocenters. The second kappa shape index (κ2) is 7.00. The quantitative estimate of drug-likeness (QED) is 0.536. The maximum absolute atomic E-state index is 9.86. The van der Waals surface area contributed by atoms with Crippen LogP contribution in [0.1, 0.15) is 25.8 Å². The van der Waals surface area contributed by atoms with Gasteiger partial charge in [-0.15, -0.1) is 5.10 Å². The van der Waals surface area contributed by atoms with Gasteiger partial charge < -0.3 is 10.8 Å². The number of hydrogen-bond donors (Lipinski definition) is 2. The van der Waals surface area contributed by atoms with E-state index in [9.17, 15) is 5.11 Å². The summed E-state index contributed by atoms with van der Waals surface area (Å²) in [5, 5.41) is 31.5. The molecular weight excluding hydrogens is 368 g/mol. The summed E-state index contributed by atoms with van der Waals surface area (Å²) >= 11 is 0. The van der Waals surface area contributed by atoms with Gasteiger partial charge in [-0.05, 0) is 44.5 Å². The smallest absolute Gasteiger partial charge is 0.116 e. The van der Waals surface area contributed by atoms with E-state index >= 15 is 0 Å². The number of hydrogen-bond acceptors (Lipinski definition) is 7. The van der Waals surface area contributed by atoms with Crippen molar-refractivity contribution in [1.82, 2.24) is 29.6 Å². The lowest BCUT2D eigenvalue weighted by Crippen LogP contribution is -2.21. The Labute approximate surface area is 167 Å². The SMILES string of the molecule is CC(C)(O)CCn1cc(-c2cnc(-c3ccc4cc(C#N)cnn34)cc2N)nn1. The fourth-order valence-electron chi connectivity index (χ4n) is 3.00. The first-order valence-electron chi connectivity index (χ1n) is 9.11. The highest BCUT2D eigenvalue weighted by Gasteiger charge is 2.15. The van der Waals surface area contributed by atoms with Gasteiger partial charge in [-0.2, -0.15) is 10.4 Å². The molecule has 0 atom stereocenters. The Hall–Kier alpha value is -3.77. The number of nitriles is 1. The summed E-state index contributed by atoms with van der Waals surface area (Å²) in [6, 6.07) is 9.38. The normalized spacial score (nSPS) is 11.7. The zero-order valence-electron chi connectivity index (χ0n) is 16.1. The molecule has 0 amide bonds. The molecular formula is C20H20N8O. The van der Waals surface area contributed by atoms with E-state index in [1.165, 1.54) is 6.20 Å². The van der Waals surface area contributed by atoms with Crippen molar-refractivity contribution in [2.45, 2.75) is 32.4 Å². The van der Waals surface area contributed by atoms with E-state index < -0.39 is 5.60 Å². The number of fused-ring (bicyclic) bond motifs is 1. The van der Waals surface area contributed by atoms with E-state index in [0.717, 1.165) is 11.2 Å². The summed E-state index contributed by atoms with van der Waals surface area (Å²) in [7, 11) is 0. The maximum atomic E-state index is 9.86. The zero-order valence-corrected chi connectivity index (χ0v) is 16.1. The minimum atomic E-state index is -0.767.